The summed E-state index contributed by atoms with van der Waals surface area (Å²) >= 11 is 0. The Morgan fingerprint density at radius 1 is 0.870 bits per heavy atom. The second-order valence-corrected chi connectivity index (χ2v) is 11.1. The molecule has 1 aromatic heterocycles. The minimum Gasteiger partial charge on any atom is -0.325 e. The van der Waals surface area contributed by atoms with Gasteiger partial charge in [-0.2, -0.15) is 10.1 Å². The van der Waals surface area contributed by atoms with Crippen molar-refractivity contribution in [3.63, 3.8) is 0 Å². The van der Waals surface area contributed by atoms with E-state index in [1.165, 1.54) is 29.3 Å². The summed E-state index contributed by atoms with van der Waals surface area (Å²) in [6.07, 6.45) is 5.56. The summed E-state index contributed by atoms with van der Waals surface area (Å²) in [7, 11) is 0. The van der Waals surface area contributed by atoms with Crippen LogP contribution in [0.25, 0.3) is 22.8 Å². The monoisotopic (exact) mass is 612 g/mol. The molecule has 1 atom stereocenters. The molecule has 2 heterocycles. The molecule has 0 spiro atoms. The molecule has 1 aliphatic rings. The molecule has 0 radical (unpaired) electrons. The second kappa shape index (κ2) is 12.7. The Hall–Kier alpha value is -5.76. The first-order chi connectivity index (χ1) is 22.2. The molecule has 1 unspecified atom stereocenters. The first-order valence-electron chi connectivity index (χ1n) is 14.7. The van der Waals surface area contributed by atoms with Gasteiger partial charge in [-0.15, -0.1) is 0 Å². The predicted molar refractivity (Wildman–Crippen MR) is 178 cm³/mol. The van der Waals surface area contributed by atoms with E-state index in [-0.39, 0.29) is 11.3 Å². The number of aromatic nitrogens is 1. The molecule has 5 aromatic rings. The smallest absolute Gasteiger partial charge is 0.270 e. The van der Waals surface area contributed by atoms with Gasteiger partial charge in [0.05, 0.1) is 11.4 Å². The van der Waals surface area contributed by atoms with E-state index in [2.05, 4.69) is 45.7 Å². The number of anilines is 2. The topological polar surface area (TPSA) is 74.7 Å². The van der Waals surface area contributed by atoms with E-state index in [0.29, 0.717) is 11.4 Å². The molecule has 1 N–H and O–H groups in total. The first kappa shape index (κ1) is 30.3. The number of hydrogen-bond acceptors (Lipinski definition) is 4. The van der Waals surface area contributed by atoms with Gasteiger partial charge < -0.3 is 5.32 Å². The van der Waals surface area contributed by atoms with Gasteiger partial charge in [-0.25, -0.2) is 8.78 Å². The number of carbonyl (C=O) groups is 2. The Balaban J connectivity index is 1.36. The maximum absolute atomic E-state index is 13.9. The number of rotatable bonds is 8. The third-order valence-electron chi connectivity index (χ3n) is 7.75. The average molecular weight is 613 g/mol. The zero-order valence-corrected chi connectivity index (χ0v) is 25.2. The highest BCUT2D eigenvalue weighted by Gasteiger charge is 2.40. The largest absolute Gasteiger partial charge is 0.325 e. The van der Waals surface area contributed by atoms with Gasteiger partial charge in [0.25, 0.3) is 11.8 Å². The number of alkyl halides is 2. The van der Waals surface area contributed by atoms with E-state index in [9.17, 15) is 18.4 Å². The molecule has 46 heavy (non-hydrogen) atoms. The van der Waals surface area contributed by atoms with E-state index in [4.69, 9.17) is 0 Å². The fraction of sp³-hybridized carbons (Fsp3) is 0.105. The van der Waals surface area contributed by atoms with Crippen molar-refractivity contribution in [3.05, 3.63) is 150 Å². The summed E-state index contributed by atoms with van der Waals surface area (Å²) in [5.41, 5.74) is 6.37. The van der Waals surface area contributed by atoms with E-state index in [1.54, 1.807) is 25.4 Å². The lowest BCUT2D eigenvalue weighted by molar-refractivity contribution is -0.127. The summed E-state index contributed by atoms with van der Waals surface area (Å²) in [6.45, 7) is 2.39. The lowest BCUT2D eigenvalue weighted by Gasteiger charge is -2.18. The molecule has 6 nitrogen and oxygen atoms in total. The highest BCUT2D eigenvalue weighted by Crippen LogP contribution is 2.35. The normalized spacial score (nSPS) is 14.5. The molecular formula is C38H30F2N4O2. The van der Waals surface area contributed by atoms with Crippen molar-refractivity contribution in [2.45, 2.75) is 19.8 Å². The van der Waals surface area contributed by atoms with Crippen LogP contribution in [0.3, 0.4) is 0 Å². The number of nitrogens with one attached hydrogen (secondary N) is 1. The van der Waals surface area contributed by atoms with E-state index in [0.717, 1.165) is 40.3 Å². The number of halogens is 2. The Kier molecular flexibility index (Phi) is 8.35. The van der Waals surface area contributed by atoms with Crippen molar-refractivity contribution in [2.75, 3.05) is 10.3 Å². The molecule has 0 fully saturated rings. The Morgan fingerprint density at radius 3 is 2.20 bits per heavy atom. The molecule has 0 saturated heterocycles. The van der Waals surface area contributed by atoms with Crippen molar-refractivity contribution in [2.24, 2.45) is 11.0 Å². The van der Waals surface area contributed by atoms with Crippen LogP contribution in [0, 0.1) is 5.92 Å². The van der Waals surface area contributed by atoms with Crippen LogP contribution in [0.5, 0.6) is 0 Å². The number of benzene rings is 4. The SMILES string of the molecule is CC1=NN(c2ccc(C=C(c3ccccc3)c3ccccc3)c(-c3cccnc3)c2)C(=O)C1C(=O)Nc1cccc(C(C)(F)F)c1. The standard InChI is InChI=1S/C38H30F2N4O2/c1-25-35(36(45)42-31-17-9-16-30(22-31)38(2,39)40)37(46)44(43-25)32-19-18-28(34(23-32)29-15-10-20-41-24-29)21-33(26-11-5-3-6-12-26)27-13-7-4-8-14-27/h3-24,35H,1-2H3,(H,42,45). The van der Waals surface area contributed by atoms with Gasteiger partial charge >= 0.3 is 0 Å². The molecule has 6 rings (SSSR count). The average Bonchev–Trinajstić information content (AvgIpc) is 3.37. The number of amides is 2. The van der Waals surface area contributed by atoms with Gasteiger partial charge in [0, 0.05) is 36.1 Å². The fourth-order valence-corrected chi connectivity index (χ4v) is 5.44. The van der Waals surface area contributed by atoms with Gasteiger partial charge in [-0.3, -0.25) is 14.6 Å². The highest BCUT2D eigenvalue weighted by atomic mass is 19.3. The van der Waals surface area contributed by atoms with Crippen LogP contribution in [0.4, 0.5) is 20.2 Å². The van der Waals surface area contributed by atoms with Crippen LogP contribution in [0.1, 0.15) is 36.1 Å². The Labute approximate surface area is 265 Å². The van der Waals surface area contributed by atoms with Crippen molar-refractivity contribution in [1.29, 1.82) is 0 Å². The Morgan fingerprint density at radius 2 is 1.57 bits per heavy atom. The van der Waals surface area contributed by atoms with Gasteiger partial charge in [-0.1, -0.05) is 84.9 Å². The lowest BCUT2D eigenvalue weighted by Crippen LogP contribution is -2.36. The zero-order chi connectivity index (χ0) is 32.3. The second-order valence-electron chi connectivity index (χ2n) is 11.1. The maximum atomic E-state index is 13.9. The summed E-state index contributed by atoms with van der Waals surface area (Å²) in [5, 5.41) is 8.28. The minimum absolute atomic E-state index is 0.172. The lowest BCUT2D eigenvalue weighted by atomic mass is 9.92. The van der Waals surface area contributed by atoms with E-state index < -0.39 is 23.7 Å². The zero-order valence-electron chi connectivity index (χ0n) is 25.2. The molecule has 228 valence electrons. The van der Waals surface area contributed by atoms with Crippen LogP contribution in [0.15, 0.2) is 133 Å². The van der Waals surface area contributed by atoms with Crippen molar-refractivity contribution >= 4 is 40.5 Å². The van der Waals surface area contributed by atoms with Gasteiger partial charge in [0.2, 0.25) is 5.91 Å². The number of carbonyl (C=O) groups excluding carboxylic acids is 2. The van der Waals surface area contributed by atoms with Crippen LogP contribution in [-0.2, 0) is 15.5 Å². The third-order valence-corrected chi connectivity index (χ3v) is 7.75. The maximum Gasteiger partial charge on any atom is 0.270 e. The first-order valence-corrected chi connectivity index (χ1v) is 14.7. The minimum atomic E-state index is -3.08. The molecule has 1 aliphatic heterocycles. The Bertz CT molecular complexity index is 1910. The van der Waals surface area contributed by atoms with E-state index in [1.807, 2.05) is 60.7 Å². The van der Waals surface area contributed by atoms with Gasteiger partial charge in [-0.05, 0) is 71.2 Å². The molecular weight excluding hydrogens is 582 g/mol. The van der Waals surface area contributed by atoms with Gasteiger partial charge in [0.15, 0.2) is 5.92 Å². The summed E-state index contributed by atoms with van der Waals surface area (Å²) in [4.78, 5) is 31.2. The number of nitrogens with zero attached hydrogens (tertiary/aromatic N) is 3. The molecule has 4 aromatic carbocycles. The van der Waals surface area contributed by atoms with Crippen molar-refractivity contribution in [3.8, 4) is 11.1 Å². The van der Waals surface area contributed by atoms with Crippen LogP contribution < -0.4 is 10.3 Å². The summed E-state index contributed by atoms with van der Waals surface area (Å²) in [6, 6.07) is 35.0. The molecule has 2 amide bonds. The van der Waals surface area contributed by atoms with Crippen molar-refractivity contribution in [1.82, 2.24) is 4.98 Å². The van der Waals surface area contributed by atoms with Crippen LogP contribution >= 0.6 is 0 Å². The van der Waals surface area contributed by atoms with Crippen LogP contribution in [-0.4, -0.2) is 22.5 Å². The number of hydrazone groups is 1. The summed E-state index contributed by atoms with van der Waals surface area (Å²) < 4.78 is 27.7. The third kappa shape index (κ3) is 6.37. The molecule has 0 saturated carbocycles. The van der Waals surface area contributed by atoms with Crippen molar-refractivity contribution < 1.29 is 18.4 Å². The molecule has 0 aliphatic carbocycles. The quantitative estimate of drug-likeness (QED) is 0.141. The summed E-state index contributed by atoms with van der Waals surface area (Å²) in [5.74, 6) is -5.47. The number of hydrogen-bond donors (Lipinski definition) is 1. The number of pyridine rings is 1. The van der Waals surface area contributed by atoms with E-state index >= 15 is 0 Å². The van der Waals surface area contributed by atoms with Gasteiger partial charge in [0.1, 0.15) is 0 Å². The predicted octanol–water partition coefficient (Wildman–Crippen LogP) is 8.43. The van der Waals surface area contributed by atoms with Crippen LogP contribution in [0.2, 0.25) is 0 Å². The highest BCUT2D eigenvalue weighted by molar-refractivity contribution is 6.28. The fourth-order valence-electron chi connectivity index (χ4n) is 5.44. The molecule has 0 bridgehead atoms. The molecule has 8 heteroatoms.